The highest BCUT2D eigenvalue weighted by Crippen LogP contribution is 2.29. The summed E-state index contributed by atoms with van der Waals surface area (Å²) in [6.07, 6.45) is 2.74. The van der Waals surface area contributed by atoms with Crippen molar-refractivity contribution < 1.29 is 8.42 Å². The third-order valence-electron chi connectivity index (χ3n) is 5.15. The molecule has 0 fully saturated rings. The molecule has 1 aromatic heterocycles. The van der Waals surface area contributed by atoms with Crippen molar-refractivity contribution in [3.05, 3.63) is 83.2 Å². The van der Waals surface area contributed by atoms with E-state index in [0.717, 1.165) is 25.8 Å². The van der Waals surface area contributed by atoms with Crippen LogP contribution >= 0.6 is 11.3 Å². The van der Waals surface area contributed by atoms with Gasteiger partial charge in [-0.2, -0.15) is 0 Å². The summed E-state index contributed by atoms with van der Waals surface area (Å²) in [5.41, 5.74) is 3.46. The van der Waals surface area contributed by atoms with Crippen LogP contribution in [0, 0.1) is 0 Å². The van der Waals surface area contributed by atoms with Crippen molar-refractivity contribution in [1.82, 2.24) is 5.32 Å². The Morgan fingerprint density at radius 3 is 2.57 bits per heavy atom. The molecule has 28 heavy (non-hydrogen) atoms. The van der Waals surface area contributed by atoms with Gasteiger partial charge in [-0.3, -0.25) is 4.31 Å². The molecule has 0 aliphatic carbocycles. The molecule has 1 unspecified atom stereocenters. The highest BCUT2D eigenvalue weighted by Gasteiger charge is 2.26. The number of hydrogen-bond donors (Lipinski definition) is 1. The van der Waals surface area contributed by atoms with Crippen LogP contribution < -0.4 is 9.62 Å². The molecule has 3 aromatic rings. The predicted octanol–water partition coefficient (Wildman–Crippen LogP) is 4.61. The van der Waals surface area contributed by atoms with E-state index in [1.165, 1.54) is 22.5 Å². The van der Waals surface area contributed by atoms with Gasteiger partial charge in [0.15, 0.2) is 0 Å². The Morgan fingerprint density at radius 2 is 1.79 bits per heavy atom. The molecule has 1 aliphatic heterocycles. The molecular weight excluding hydrogens is 388 g/mol. The van der Waals surface area contributed by atoms with Gasteiger partial charge < -0.3 is 5.32 Å². The van der Waals surface area contributed by atoms with Gasteiger partial charge in [0, 0.05) is 12.6 Å². The Morgan fingerprint density at radius 1 is 1.00 bits per heavy atom. The van der Waals surface area contributed by atoms with E-state index in [-0.39, 0.29) is 6.04 Å². The summed E-state index contributed by atoms with van der Waals surface area (Å²) in [5, 5.41) is 5.39. The summed E-state index contributed by atoms with van der Waals surface area (Å²) < 4.78 is 28.3. The Hall–Kier alpha value is -2.15. The van der Waals surface area contributed by atoms with Crippen molar-refractivity contribution in [3.8, 4) is 0 Å². The van der Waals surface area contributed by atoms with Crippen molar-refractivity contribution in [2.75, 3.05) is 17.4 Å². The van der Waals surface area contributed by atoms with E-state index in [1.807, 2.05) is 30.3 Å². The van der Waals surface area contributed by atoms with Crippen molar-refractivity contribution in [3.63, 3.8) is 0 Å². The second-order valence-electron chi connectivity index (χ2n) is 6.94. The molecular formula is C22H24N2O2S2. The number of thiophene rings is 1. The Kier molecular flexibility index (Phi) is 5.80. The van der Waals surface area contributed by atoms with Crippen LogP contribution in [0.5, 0.6) is 0 Å². The van der Waals surface area contributed by atoms with E-state index in [2.05, 4.69) is 29.6 Å². The van der Waals surface area contributed by atoms with Gasteiger partial charge in [-0.15, -0.1) is 11.3 Å². The molecule has 4 nitrogen and oxygen atoms in total. The molecule has 0 radical (unpaired) electrons. The molecule has 0 saturated carbocycles. The van der Waals surface area contributed by atoms with Crippen LogP contribution in [0.4, 0.5) is 5.69 Å². The second-order valence-corrected chi connectivity index (χ2v) is 9.98. The highest BCUT2D eigenvalue weighted by molar-refractivity contribution is 7.94. The van der Waals surface area contributed by atoms with Gasteiger partial charge in [-0.05, 0) is 60.5 Å². The van der Waals surface area contributed by atoms with E-state index < -0.39 is 10.0 Å². The van der Waals surface area contributed by atoms with E-state index in [9.17, 15) is 8.42 Å². The molecule has 0 saturated heterocycles. The molecule has 2 aromatic carbocycles. The quantitative estimate of drug-likeness (QED) is 0.616. The van der Waals surface area contributed by atoms with E-state index in [1.54, 1.807) is 21.8 Å². The van der Waals surface area contributed by atoms with Gasteiger partial charge in [-0.25, -0.2) is 8.42 Å². The maximum atomic E-state index is 13.2. The van der Waals surface area contributed by atoms with Crippen LogP contribution in [-0.4, -0.2) is 21.5 Å². The number of para-hydroxylation sites is 1. The van der Waals surface area contributed by atoms with Gasteiger partial charge in [-0.1, -0.05) is 48.5 Å². The van der Waals surface area contributed by atoms with Gasteiger partial charge in [0.2, 0.25) is 0 Å². The number of anilines is 1. The zero-order valence-corrected chi connectivity index (χ0v) is 17.3. The summed E-state index contributed by atoms with van der Waals surface area (Å²) in [6, 6.07) is 21.7. The fraction of sp³-hybridized carbons (Fsp3) is 0.273. The first-order chi connectivity index (χ1) is 13.7. The smallest absolute Gasteiger partial charge is 0.273 e. The summed E-state index contributed by atoms with van der Waals surface area (Å²) in [7, 11) is -3.54. The molecule has 1 N–H and O–H groups in total. The van der Waals surface area contributed by atoms with Crippen LogP contribution in [-0.2, 0) is 16.4 Å². The minimum atomic E-state index is -3.54. The van der Waals surface area contributed by atoms with Crippen LogP contribution in [0.25, 0.3) is 0 Å². The lowest BCUT2D eigenvalue weighted by molar-refractivity contribution is 0.464. The molecule has 146 valence electrons. The van der Waals surface area contributed by atoms with Crippen molar-refractivity contribution in [2.24, 2.45) is 0 Å². The van der Waals surface area contributed by atoms with E-state index >= 15 is 0 Å². The first-order valence-corrected chi connectivity index (χ1v) is 11.9. The highest BCUT2D eigenvalue weighted by atomic mass is 32.2. The zero-order chi connectivity index (χ0) is 19.4. The molecule has 6 heteroatoms. The van der Waals surface area contributed by atoms with Gasteiger partial charge in [0.1, 0.15) is 4.21 Å². The maximum Gasteiger partial charge on any atom is 0.273 e. The number of sulfonamides is 1. The zero-order valence-electron chi connectivity index (χ0n) is 15.6. The molecule has 0 bridgehead atoms. The fourth-order valence-corrected chi connectivity index (χ4v) is 6.40. The molecule has 1 aliphatic rings. The first kappa shape index (κ1) is 19.2. The summed E-state index contributed by atoms with van der Waals surface area (Å²) >= 11 is 1.26. The average molecular weight is 413 g/mol. The van der Waals surface area contributed by atoms with Crippen molar-refractivity contribution >= 4 is 27.0 Å². The molecule has 4 rings (SSSR count). The number of fused-ring (bicyclic) bond motifs is 1. The van der Waals surface area contributed by atoms with Gasteiger partial charge in [0.05, 0.1) is 5.69 Å². The molecule has 1 atom stereocenters. The number of rotatable bonds is 7. The van der Waals surface area contributed by atoms with Crippen molar-refractivity contribution in [1.29, 1.82) is 0 Å². The van der Waals surface area contributed by atoms with E-state index in [0.29, 0.717) is 16.4 Å². The monoisotopic (exact) mass is 412 g/mol. The minimum Gasteiger partial charge on any atom is -0.310 e. The Bertz CT molecular complexity index is 1000. The third kappa shape index (κ3) is 3.99. The third-order valence-corrected chi connectivity index (χ3v) is 8.35. The Balaban J connectivity index is 1.52. The summed E-state index contributed by atoms with van der Waals surface area (Å²) in [5.74, 6) is 0. The second kappa shape index (κ2) is 8.47. The minimum absolute atomic E-state index is 0.284. The first-order valence-electron chi connectivity index (χ1n) is 9.59. The molecule has 0 spiro atoms. The normalized spacial score (nSPS) is 16.5. The van der Waals surface area contributed by atoms with Gasteiger partial charge in [0.25, 0.3) is 10.0 Å². The largest absolute Gasteiger partial charge is 0.310 e. The SMILES string of the molecule is O=S(=O)(c1cccs1)N(CCCC1NCCc2ccccc21)c1ccccc1. The summed E-state index contributed by atoms with van der Waals surface area (Å²) in [6.45, 7) is 1.43. The lowest BCUT2D eigenvalue weighted by atomic mass is 9.92. The lowest BCUT2D eigenvalue weighted by Gasteiger charge is -2.28. The number of hydrogen-bond acceptors (Lipinski definition) is 4. The lowest BCUT2D eigenvalue weighted by Crippen LogP contribution is -2.33. The Labute approximate surface area is 170 Å². The van der Waals surface area contributed by atoms with Crippen LogP contribution in [0.15, 0.2) is 76.3 Å². The van der Waals surface area contributed by atoms with Gasteiger partial charge >= 0.3 is 0 Å². The fourth-order valence-electron chi connectivity index (χ4n) is 3.79. The molecule has 2 heterocycles. The summed E-state index contributed by atoms with van der Waals surface area (Å²) in [4.78, 5) is 0. The number of benzene rings is 2. The van der Waals surface area contributed by atoms with Crippen molar-refractivity contribution in [2.45, 2.75) is 29.5 Å². The number of nitrogens with one attached hydrogen (secondary N) is 1. The maximum absolute atomic E-state index is 13.2. The van der Waals surface area contributed by atoms with Crippen LogP contribution in [0.3, 0.4) is 0 Å². The van der Waals surface area contributed by atoms with Crippen LogP contribution in [0.1, 0.15) is 30.0 Å². The topological polar surface area (TPSA) is 49.4 Å². The number of nitrogens with zero attached hydrogens (tertiary/aromatic N) is 1. The van der Waals surface area contributed by atoms with Crippen LogP contribution in [0.2, 0.25) is 0 Å². The molecule has 0 amide bonds. The van der Waals surface area contributed by atoms with E-state index in [4.69, 9.17) is 0 Å². The average Bonchev–Trinajstić information content (AvgIpc) is 3.28. The standard InChI is InChI=1S/C22H24N2O2S2/c25-28(26,22-13-7-17-27-22)24(19-9-2-1-3-10-19)16-6-12-21-20-11-5-4-8-18(20)14-15-23-21/h1-5,7-11,13,17,21,23H,6,12,14-16H2. The predicted molar refractivity (Wildman–Crippen MR) is 115 cm³/mol.